The average molecular weight is 271 g/mol. The first-order chi connectivity index (χ1) is 9.81. The van der Waals surface area contributed by atoms with Crippen LogP contribution in [0.1, 0.15) is 45.7 Å². The Labute approximate surface area is 125 Å². The normalized spacial score (nSPS) is 8.70. The third kappa shape index (κ3) is 5.48. The van der Waals surface area contributed by atoms with Gasteiger partial charge in [0.05, 0.1) is 0 Å². The summed E-state index contributed by atoms with van der Waals surface area (Å²) in [6, 6.07) is 16.8. The van der Waals surface area contributed by atoms with Crippen molar-refractivity contribution < 1.29 is 0 Å². The van der Waals surface area contributed by atoms with Gasteiger partial charge < -0.3 is 5.32 Å². The maximum Gasteiger partial charge on any atom is 0.0416 e. The molecule has 0 amide bonds. The molecule has 0 saturated heterocycles. The summed E-state index contributed by atoms with van der Waals surface area (Å²) in [7, 11) is 0. The van der Waals surface area contributed by atoms with E-state index in [2.05, 4.69) is 67.7 Å². The van der Waals surface area contributed by atoms with Gasteiger partial charge in [-0.15, -0.1) is 0 Å². The molecule has 1 nitrogen and oxygen atoms in total. The van der Waals surface area contributed by atoms with E-state index in [1.807, 2.05) is 27.7 Å². The summed E-state index contributed by atoms with van der Waals surface area (Å²) >= 11 is 0. The monoisotopic (exact) mass is 271 g/mol. The van der Waals surface area contributed by atoms with Crippen LogP contribution in [0.4, 0.5) is 11.4 Å². The number of aryl methyl sites for hydroxylation is 2. The number of para-hydroxylation sites is 2. The number of benzene rings is 2. The Bertz CT molecular complexity index is 475. The van der Waals surface area contributed by atoms with Gasteiger partial charge in [0.15, 0.2) is 0 Å². The Morgan fingerprint density at radius 2 is 1.25 bits per heavy atom. The third-order valence-corrected chi connectivity index (χ3v) is 2.81. The molecule has 0 radical (unpaired) electrons. The molecule has 0 atom stereocenters. The van der Waals surface area contributed by atoms with Crippen molar-refractivity contribution >= 4 is 11.4 Å². The van der Waals surface area contributed by atoms with Gasteiger partial charge in [-0.05, 0) is 36.6 Å². The molecule has 0 aromatic heterocycles. The highest BCUT2D eigenvalue weighted by Gasteiger charge is 2.01. The molecule has 2 aromatic carbocycles. The molecule has 0 bridgehead atoms. The maximum absolute atomic E-state index is 3.49. The Morgan fingerprint density at radius 3 is 1.80 bits per heavy atom. The molecule has 1 N–H and O–H groups in total. The minimum Gasteiger partial charge on any atom is -0.355 e. The van der Waals surface area contributed by atoms with Crippen LogP contribution in [0.3, 0.4) is 0 Å². The first-order valence-electron chi connectivity index (χ1n) is 7.72. The summed E-state index contributed by atoms with van der Waals surface area (Å²) in [6.07, 6.45) is 1.05. The summed E-state index contributed by atoms with van der Waals surface area (Å²) in [5.74, 6) is 0. The predicted octanol–water partition coefficient (Wildman–Crippen LogP) is 6.35. The Kier molecular flexibility index (Phi) is 10.1. The topological polar surface area (TPSA) is 12.0 Å². The second kappa shape index (κ2) is 11.1. The number of nitrogens with one attached hydrogen (secondary N) is 1. The molecule has 0 fully saturated rings. The van der Waals surface area contributed by atoms with E-state index in [1.165, 1.54) is 22.5 Å². The fraction of sp³-hybridized carbons (Fsp3) is 0.368. The van der Waals surface area contributed by atoms with Crippen molar-refractivity contribution in [2.45, 2.75) is 48.0 Å². The van der Waals surface area contributed by atoms with Crippen LogP contribution in [0, 0.1) is 6.92 Å². The molecule has 0 spiro atoms. The van der Waals surface area contributed by atoms with Gasteiger partial charge in [0.25, 0.3) is 0 Å². The lowest BCUT2D eigenvalue weighted by Crippen LogP contribution is -1.96. The van der Waals surface area contributed by atoms with Crippen LogP contribution >= 0.6 is 0 Å². The lowest BCUT2D eigenvalue weighted by Gasteiger charge is -2.12. The Morgan fingerprint density at radius 1 is 0.750 bits per heavy atom. The molecule has 2 rings (SSSR count). The molecule has 0 unspecified atom stereocenters. The molecule has 0 aliphatic rings. The molecule has 110 valence electrons. The van der Waals surface area contributed by atoms with Crippen molar-refractivity contribution in [1.29, 1.82) is 0 Å². The number of anilines is 2. The van der Waals surface area contributed by atoms with Crippen molar-refractivity contribution in [2.75, 3.05) is 5.32 Å². The van der Waals surface area contributed by atoms with E-state index in [0.29, 0.717) is 0 Å². The summed E-state index contributed by atoms with van der Waals surface area (Å²) in [4.78, 5) is 0. The first-order valence-corrected chi connectivity index (χ1v) is 7.72. The molecule has 0 aliphatic heterocycles. The van der Waals surface area contributed by atoms with Crippen molar-refractivity contribution in [2.24, 2.45) is 0 Å². The summed E-state index contributed by atoms with van der Waals surface area (Å²) in [6.45, 7) is 12.3. The molecule has 2 aromatic rings. The van der Waals surface area contributed by atoms with E-state index >= 15 is 0 Å². The molecule has 0 aliphatic carbocycles. The highest BCUT2D eigenvalue weighted by Crippen LogP contribution is 2.23. The van der Waals surface area contributed by atoms with Crippen LogP contribution in [-0.4, -0.2) is 0 Å². The molecule has 0 saturated carbocycles. The van der Waals surface area contributed by atoms with Gasteiger partial charge in [-0.1, -0.05) is 71.0 Å². The van der Waals surface area contributed by atoms with Gasteiger partial charge >= 0.3 is 0 Å². The lowest BCUT2D eigenvalue weighted by molar-refractivity contribution is 1.14. The second-order valence-corrected chi connectivity index (χ2v) is 3.95. The van der Waals surface area contributed by atoms with E-state index in [4.69, 9.17) is 0 Å². The smallest absolute Gasteiger partial charge is 0.0416 e. The van der Waals surface area contributed by atoms with Gasteiger partial charge in [0.2, 0.25) is 0 Å². The van der Waals surface area contributed by atoms with E-state index in [9.17, 15) is 0 Å². The predicted molar refractivity (Wildman–Crippen MR) is 93.0 cm³/mol. The highest BCUT2D eigenvalue weighted by molar-refractivity contribution is 5.65. The zero-order valence-corrected chi connectivity index (χ0v) is 13.8. The van der Waals surface area contributed by atoms with Gasteiger partial charge in [-0.2, -0.15) is 0 Å². The molecule has 0 heterocycles. The van der Waals surface area contributed by atoms with E-state index in [-0.39, 0.29) is 0 Å². The van der Waals surface area contributed by atoms with Crippen LogP contribution in [0.15, 0.2) is 48.5 Å². The van der Waals surface area contributed by atoms with Gasteiger partial charge in [-0.3, -0.25) is 0 Å². The molecular formula is C19H29N. The van der Waals surface area contributed by atoms with Gasteiger partial charge in [-0.25, -0.2) is 0 Å². The number of hydrogen-bond donors (Lipinski definition) is 1. The first kappa shape index (κ1) is 18.2. The van der Waals surface area contributed by atoms with Gasteiger partial charge in [0, 0.05) is 11.4 Å². The van der Waals surface area contributed by atoms with Crippen molar-refractivity contribution in [1.82, 2.24) is 0 Å². The number of rotatable bonds is 3. The largest absolute Gasteiger partial charge is 0.355 e. The standard InChI is InChI=1S/C15H17N.2C2H6/c1-3-13-9-5-7-11-15(13)16-14-10-6-4-8-12(14)2;2*1-2/h4-11,16H,3H2,1-2H3;2*1-2H3. The van der Waals surface area contributed by atoms with Crippen molar-refractivity contribution in [3.8, 4) is 0 Å². The van der Waals surface area contributed by atoms with Crippen molar-refractivity contribution in [3.05, 3.63) is 59.7 Å². The van der Waals surface area contributed by atoms with E-state index in [0.717, 1.165) is 6.42 Å². The average Bonchev–Trinajstić information content (AvgIpc) is 2.54. The highest BCUT2D eigenvalue weighted by atomic mass is 14.9. The Balaban J connectivity index is 0.000000829. The molecule has 20 heavy (non-hydrogen) atoms. The molecule has 1 heteroatoms. The second-order valence-electron chi connectivity index (χ2n) is 3.95. The van der Waals surface area contributed by atoms with Crippen LogP contribution in [0.25, 0.3) is 0 Å². The van der Waals surface area contributed by atoms with Gasteiger partial charge in [0.1, 0.15) is 0 Å². The fourth-order valence-corrected chi connectivity index (χ4v) is 1.81. The molecular weight excluding hydrogens is 242 g/mol. The quantitative estimate of drug-likeness (QED) is 0.685. The van der Waals surface area contributed by atoms with Crippen LogP contribution in [-0.2, 0) is 6.42 Å². The van der Waals surface area contributed by atoms with Crippen molar-refractivity contribution in [3.63, 3.8) is 0 Å². The fourth-order valence-electron chi connectivity index (χ4n) is 1.81. The van der Waals surface area contributed by atoms with Crippen LogP contribution in [0.5, 0.6) is 0 Å². The minimum absolute atomic E-state index is 1.05. The third-order valence-electron chi connectivity index (χ3n) is 2.81. The number of hydrogen-bond acceptors (Lipinski definition) is 1. The summed E-state index contributed by atoms with van der Waals surface area (Å²) < 4.78 is 0. The lowest BCUT2D eigenvalue weighted by atomic mass is 10.1. The van der Waals surface area contributed by atoms with Crippen LogP contribution < -0.4 is 5.32 Å². The van der Waals surface area contributed by atoms with E-state index in [1.54, 1.807) is 0 Å². The van der Waals surface area contributed by atoms with Crippen LogP contribution in [0.2, 0.25) is 0 Å². The zero-order chi connectivity index (χ0) is 15.4. The summed E-state index contributed by atoms with van der Waals surface area (Å²) in [5.41, 5.74) is 5.02. The minimum atomic E-state index is 1.05. The SMILES string of the molecule is CC.CC.CCc1ccccc1Nc1ccccc1C. The summed E-state index contributed by atoms with van der Waals surface area (Å²) in [5, 5.41) is 3.49. The van der Waals surface area contributed by atoms with E-state index < -0.39 is 0 Å². The zero-order valence-electron chi connectivity index (χ0n) is 13.8. The maximum atomic E-state index is 3.49. The Hall–Kier alpha value is -1.76.